The molecule has 11 aromatic rings. The Morgan fingerprint density at radius 3 is 1.15 bits per heavy atom. The fourth-order valence-corrected chi connectivity index (χ4v) is 13.6. The molecule has 0 amide bonds. The van der Waals surface area contributed by atoms with Crippen LogP contribution in [-0.2, 0) is 10.8 Å². The van der Waals surface area contributed by atoms with Crippen LogP contribution in [0.15, 0.2) is 218 Å². The third-order valence-electron chi connectivity index (χ3n) is 14.7. The molecular formula is C66H54BN3S2. The number of para-hydroxylation sites is 2. The molecule has 13 rings (SSSR count). The van der Waals surface area contributed by atoms with Crippen LogP contribution in [0.4, 0.5) is 51.2 Å². The summed E-state index contributed by atoms with van der Waals surface area (Å²) in [6.07, 6.45) is 0. The van der Waals surface area contributed by atoms with Crippen LogP contribution < -0.4 is 31.1 Å². The molecule has 0 radical (unpaired) electrons. The van der Waals surface area contributed by atoms with Crippen molar-refractivity contribution in [1.82, 2.24) is 0 Å². The average Bonchev–Trinajstić information content (AvgIpc) is 3.98. The van der Waals surface area contributed by atoms with Crippen molar-refractivity contribution in [2.24, 2.45) is 0 Å². The quantitative estimate of drug-likeness (QED) is 0.147. The molecular weight excluding hydrogens is 910 g/mol. The number of benzene rings is 9. The highest BCUT2D eigenvalue weighted by atomic mass is 32.1. The summed E-state index contributed by atoms with van der Waals surface area (Å²) in [5, 5.41) is 2.48. The van der Waals surface area contributed by atoms with Crippen molar-refractivity contribution in [1.29, 1.82) is 0 Å². The lowest BCUT2D eigenvalue weighted by Gasteiger charge is -2.46. The molecule has 0 bridgehead atoms. The van der Waals surface area contributed by atoms with Gasteiger partial charge >= 0.3 is 0 Å². The number of thiophene rings is 2. The molecule has 348 valence electrons. The number of anilines is 9. The number of nitrogens with zero attached hydrogens (tertiary/aromatic N) is 3. The highest BCUT2D eigenvalue weighted by molar-refractivity contribution is 7.23. The molecule has 0 N–H and O–H groups in total. The van der Waals surface area contributed by atoms with Crippen molar-refractivity contribution in [3.8, 4) is 20.9 Å². The smallest absolute Gasteiger partial charge is 0.252 e. The van der Waals surface area contributed by atoms with Gasteiger partial charge in [-0.3, -0.25) is 0 Å². The van der Waals surface area contributed by atoms with Crippen LogP contribution in [0.3, 0.4) is 0 Å². The van der Waals surface area contributed by atoms with Gasteiger partial charge in [-0.05, 0) is 110 Å². The molecule has 0 fully saturated rings. The first-order valence-electron chi connectivity index (χ1n) is 25.1. The maximum Gasteiger partial charge on any atom is 0.252 e. The van der Waals surface area contributed by atoms with Crippen molar-refractivity contribution < 1.29 is 0 Å². The van der Waals surface area contributed by atoms with Crippen LogP contribution >= 0.6 is 22.7 Å². The van der Waals surface area contributed by atoms with Gasteiger partial charge in [-0.1, -0.05) is 199 Å². The Balaban J connectivity index is 1.23. The molecule has 2 aliphatic heterocycles. The van der Waals surface area contributed by atoms with E-state index in [1.165, 1.54) is 103 Å². The van der Waals surface area contributed by atoms with Gasteiger partial charge in [-0.15, -0.1) is 22.7 Å². The normalized spacial score (nSPS) is 13.1. The van der Waals surface area contributed by atoms with E-state index in [1.807, 2.05) is 22.7 Å². The molecule has 0 aliphatic carbocycles. The second-order valence-electron chi connectivity index (χ2n) is 21.3. The monoisotopic (exact) mass is 963 g/mol. The van der Waals surface area contributed by atoms with E-state index < -0.39 is 0 Å². The summed E-state index contributed by atoms with van der Waals surface area (Å²) >= 11 is 3.78. The second kappa shape index (κ2) is 17.0. The summed E-state index contributed by atoms with van der Waals surface area (Å²) in [5.74, 6) is 0. The third kappa shape index (κ3) is 7.22. The minimum atomic E-state index is -0.0834. The van der Waals surface area contributed by atoms with Crippen LogP contribution in [0.1, 0.15) is 52.7 Å². The van der Waals surface area contributed by atoms with E-state index >= 15 is 0 Å². The predicted octanol–water partition coefficient (Wildman–Crippen LogP) is 17.6. The topological polar surface area (TPSA) is 9.72 Å². The van der Waals surface area contributed by atoms with Crippen LogP contribution in [0.2, 0.25) is 0 Å². The largest absolute Gasteiger partial charge is 0.310 e. The lowest BCUT2D eigenvalue weighted by atomic mass is 9.33. The SMILES string of the molecule is CC(C)(C)c1ccc2c(c1)B1c3cc(C(C)(C)C)ccc3N(c3c(-c4ccccc4)sc4ccccc34)c3cc(N(c4ccccc4)c4ccccc4)cc(c31)N2c1c(-c2ccccc2)sc2ccccc12. The predicted molar refractivity (Wildman–Crippen MR) is 314 cm³/mol. The average molecular weight is 964 g/mol. The van der Waals surface area contributed by atoms with Crippen molar-refractivity contribution in [2.45, 2.75) is 52.4 Å². The van der Waals surface area contributed by atoms with Gasteiger partial charge in [-0.25, -0.2) is 0 Å². The molecule has 0 spiro atoms. The van der Waals surface area contributed by atoms with E-state index in [4.69, 9.17) is 0 Å². The number of hydrogen-bond acceptors (Lipinski definition) is 5. The minimum Gasteiger partial charge on any atom is -0.310 e. The maximum absolute atomic E-state index is 2.66. The zero-order valence-corrected chi connectivity index (χ0v) is 43.2. The molecule has 0 saturated heterocycles. The van der Waals surface area contributed by atoms with Crippen molar-refractivity contribution in [3.63, 3.8) is 0 Å². The fraction of sp³-hybridized carbons (Fsp3) is 0.121. The van der Waals surface area contributed by atoms with Crippen molar-refractivity contribution in [3.05, 3.63) is 230 Å². The molecule has 72 heavy (non-hydrogen) atoms. The summed E-state index contributed by atoms with van der Waals surface area (Å²) in [6.45, 7) is 14.0. The van der Waals surface area contributed by atoms with Gasteiger partial charge in [0, 0.05) is 54.3 Å². The van der Waals surface area contributed by atoms with Gasteiger partial charge in [0.05, 0.1) is 26.8 Å². The Morgan fingerprint density at radius 1 is 0.375 bits per heavy atom. The fourth-order valence-electron chi connectivity index (χ4n) is 11.2. The number of hydrogen-bond donors (Lipinski definition) is 0. The Kier molecular flexibility index (Phi) is 10.5. The lowest BCUT2D eigenvalue weighted by molar-refractivity contribution is 0.590. The van der Waals surface area contributed by atoms with Crippen molar-refractivity contribution >= 4 is 117 Å². The molecule has 3 nitrogen and oxygen atoms in total. The Hall–Kier alpha value is -7.64. The highest BCUT2D eigenvalue weighted by Crippen LogP contribution is 2.56. The van der Waals surface area contributed by atoms with Crippen LogP contribution in [-0.4, -0.2) is 6.71 Å². The van der Waals surface area contributed by atoms with Gasteiger partial charge in [0.25, 0.3) is 6.71 Å². The summed E-state index contributed by atoms with van der Waals surface area (Å²) in [7, 11) is 0. The minimum absolute atomic E-state index is 0.0804. The van der Waals surface area contributed by atoms with Gasteiger partial charge in [-0.2, -0.15) is 0 Å². The van der Waals surface area contributed by atoms with E-state index in [-0.39, 0.29) is 17.5 Å². The third-order valence-corrected chi connectivity index (χ3v) is 17.1. The van der Waals surface area contributed by atoms with E-state index in [9.17, 15) is 0 Å². The van der Waals surface area contributed by atoms with E-state index in [0.29, 0.717) is 0 Å². The summed E-state index contributed by atoms with van der Waals surface area (Å²) < 4.78 is 2.53. The first kappa shape index (κ1) is 44.3. The van der Waals surface area contributed by atoms with Gasteiger partial charge in [0.15, 0.2) is 0 Å². The number of rotatable bonds is 7. The molecule has 2 aliphatic rings. The van der Waals surface area contributed by atoms with E-state index in [0.717, 1.165) is 17.1 Å². The van der Waals surface area contributed by atoms with Crippen LogP contribution in [0.5, 0.6) is 0 Å². The zero-order valence-electron chi connectivity index (χ0n) is 41.5. The van der Waals surface area contributed by atoms with Gasteiger partial charge < -0.3 is 14.7 Å². The first-order chi connectivity index (χ1) is 35.0. The zero-order chi connectivity index (χ0) is 48.9. The molecule has 6 heteroatoms. The first-order valence-corrected chi connectivity index (χ1v) is 26.8. The Morgan fingerprint density at radius 2 is 0.750 bits per heavy atom. The van der Waals surface area contributed by atoms with Gasteiger partial charge in [0.1, 0.15) is 0 Å². The highest BCUT2D eigenvalue weighted by Gasteiger charge is 2.46. The van der Waals surface area contributed by atoms with Gasteiger partial charge in [0.2, 0.25) is 0 Å². The summed E-state index contributed by atoms with van der Waals surface area (Å²) in [6, 6.07) is 81.7. The Labute approximate surface area is 432 Å². The van der Waals surface area contributed by atoms with E-state index in [1.54, 1.807) is 0 Å². The molecule has 0 saturated carbocycles. The second-order valence-corrected chi connectivity index (χ2v) is 23.4. The molecule has 9 aromatic carbocycles. The van der Waals surface area contributed by atoms with Crippen LogP contribution in [0.25, 0.3) is 41.1 Å². The lowest BCUT2D eigenvalue weighted by Crippen LogP contribution is -2.61. The summed E-state index contributed by atoms with van der Waals surface area (Å²) in [4.78, 5) is 10.3. The Bertz CT molecular complexity index is 3600. The number of fused-ring (bicyclic) bond motifs is 6. The van der Waals surface area contributed by atoms with Crippen LogP contribution in [0, 0.1) is 0 Å². The molecule has 2 aromatic heterocycles. The maximum atomic E-state index is 2.66. The molecule has 4 heterocycles. The molecule has 0 unspecified atom stereocenters. The standard InChI is InChI=1S/C66H54BN3S2/c1-65(2,3)45-35-37-54-52(39-45)67-53-40-46(66(4,5)6)36-38-55(53)70(62-51-32-20-22-34-59(51)72-64(62)44-25-13-8-14-26-44)57-42-49(68(47-27-15-9-16-28-47)48-29-17-10-18-30-48)41-56(60(57)67)69(54)61-50-31-19-21-33-58(50)71-63(61)43-23-11-7-12-24-43/h7-42H,1-6H3. The van der Waals surface area contributed by atoms with Crippen molar-refractivity contribution in [2.75, 3.05) is 14.7 Å². The summed E-state index contributed by atoms with van der Waals surface area (Å²) in [5.41, 5.74) is 19.3. The van der Waals surface area contributed by atoms with E-state index in [2.05, 4.69) is 275 Å². The molecule has 0 atom stereocenters.